The van der Waals surface area contributed by atoms with Crippen LogP contribution in [0.3, 0.4) is 0 Å². The van der Waals surface area contributed by atoms with Crippen molar-refractivity contribution in [2.75, 3.05) is 34.0 Å². The van der Waals surface area contributed by atoms with Crippen LogP contribution < -0.4 is 9.47 Å². The summed E-state index contributed by atoms with van der Waals surface area (Å²) in [5.74, 6) is 2.21. The van der Waals surface area contributed by atoms with Crippen molar-refractivity contribution in [1.82, 2.24) is 9.97 Å². The Hall–Kier alpha value is -3.47. The van der Waals surface area contributed by atoms with Gasteiger partial charge in [0, 0.05) is 44.7 Å². The number of methoxy groups -OCH3 is 2. The van der Waals surface area contributed by atoms with Crippen LogP contribution in [0.2, 0.25) is 0 Å². The largest absolute Gasteiger partial charge is 0.496 e. The van der Waals surface area contributed by atoms with Gasteiger partial charge in [-0.05, 0) is 60.7 Å². The van der Waals surface area contributed by atoms with Crippen LogP contribution >= 0.6 is 0 Å². The summed E-state index contributed by atoms with van der Waals surface area (Å²) in [7, 11) is 3.43. The second-order valence-electron chi connectivity index (χ2n) is 8.88. The highest BCUT2D eigenvalue weighted by atomic mass is 16.5. The minimum absolute atomic E-state index is 0.0797. The molecule has 1 aliphatic heterocycles. The summed E-state index contributed by atoms with van der Waals surface area (Å²) in [6.45, 7) is 2.16. The van der Waals surface area contributed by atoms with Gasteiger partial charge in [-0.25, -0.2) is 9.97 Å². The Morgan fingerprint density at radius 2 is 1.89 bits per heavy atom. The lowest BCUT2D eigenvalue weighted by Crippen LogP contribution is -2.26. The van der Waals surface area contributed by atoms with E-state index in [1.54, 1.807) is 20.4 Å². The zero-order chi connectivity index (χ0) is 25.2. The number of rotatable bonds is 11. The molecule has 1 aliphatic rings. The minimum Gasteiger partial charge on any atom is -0.496 e. The van der Waals surface area contributed by atoms with Gasteiger partial charge in [0.15, 0.2) is 0 Å². The van der Waals surface area contributed by atoms with Crippen molar-refractivity contribution in [1.29, 1.82) is 5.26 Å². The number of nitriles is 1. The van der Waals surface area contributed by atoms with Crippen molar-refractivity contribution in [3.8, 4) is 28.8 Å². The Morgan fingerprint density at radius 1 is 1.03 bits per heavy atom. The lowest BCUT2D eigenvalue weighted by molar-refractivity contribution is 0.0254. The van der Waals surface area contributed by atoms with Gasteiger partial charge in [0.2, 0.25) is 0 Å². The molecule has 0 unspecified atom stereocenters. The van der Waals surface area contributed by atoms with Gasteiger partial charge in [0.1, 0.15) is 29.5 Å². The van der Waals surface area contributed by atoms with Crippen molar-refractivity contribution < 1.29 is 18.9 Å². The molecule has 1 saturated heterocycles. The molecule has 36 heavy (non-hydrogen) atoms. The predicted molar refractivity (Wildman–Crippen MR) is 137 cm³/mol. The molecule has 188 valence electrons. The highest BCUT2D eigenvalue weighted by Gasteiger charge is 2.17. The summed E-state index contributed by atoms with van der Waals surface area (Å²) < 4.78 is 22.3. The smallest absolute Gasteiger partial charge is 0.137 e. The van der Waals surface area contributed by atoms with E-state index < -0.39 is 0 Å². The second-order valence-corrected chi connectivity index (χ2v) is 8.88. The van der Waals surface area contributed by atoms with E-state index in [0.29, 0.717) is 36.8 Å². The zero-order valence-electron chi connectivity index (χ0n) is 21.0. The Balaban J connectivity index is 1.47. The average Bonchev–Trinajstić information content (AvgIpc) is 2.92. The van der Waals surface area contributed by atoms with Gasteiger partial charge in [0.05, 0.1) is 31.6 Å². The van der Waals surface area contributed by atoms with E-state index in [1.165, 1.54) is 5.56 Å². The number of hydrogen-bond acceptors (Lipinski definition) is 7. The summed E-state index contributed by atoms with van der Waals surface area (Å²) in [6.07, 6.45) is 7.13. The maximum Gasteiger partial charge on any atom is 0.137 e. The summed E-state index contributed by atoms with van der Waals surface area (Å²) in [5.41, 5.74) is 4.42. The molecule has 0 atom stereocenters. The fourth-order valence-corrected chi connectivity index (χ4v) is 4.35. The monoisotopic (exact) mass is 487 g/mol. The summed E-state index contributed by atoms with van der Waals surface area (Å²) >= 11 is 0. The van der Waals surface area contributed by atoms with Crippen molar-refractivity contribution in [2.24, 2.45) is 0 Å². The molecular formula is C29H33N3O4. The molecule has 1 fully saturated rings. The Morgan fingerprint density at radius 3 is 2.67 bits per heavy atom. The van der Waals surface area contributed by atoms with E-state index in [2.05, 4.69) is 29.3 Å². The molecular weight excluding hydrogens is 454 g/mol. The topological polar surface area (TPSA) is 86.5 Å². The molecule has 2 heterocycles. The van der Waals surface area contributed by atoms with Crippen LogP contribution in [0, 0.1) is 11.3 Å². The van der Waals surface area contributed by atoms with E-state index in [-0.39, 0.29) is 6.10 Å². The molecule has 0 aliphatic carbocycles. The summed E-state index contributed by atoms with van der Waals surface area (Å²) in [6, 6.07) is 16.1. The SMILES string of the molecule is COCCCCc1ccc(Cc2nccc(-c3ccc(OC4CCOCC4)c(C#N)c3)n2)cc1OC. The first-order valence-corrected chi connectivity index (χ1v) is 12.5. The van der Waals surface area contributed by atoms with E-state index >= 15 is 0 Å². The fourth-order valence-electron chi connectivity index (χ4n) is 4.35. The van der Waals surface area contributed by atoms with Crippen LogP contribution in [0.15, 0.2) is 48.7 Å². The van der Waals surface area contributed by atoms with Gasteiger partial charge >= 0.3 is 0 Å². The van der Waals surface area contributed by atoms with Crippen molar-refractivity contribution in [3.63, 3.8) is 0 Å². The highest BCUT2D eigenvalue weighted by molar-refractivity contribution is 5.64. The molecule has 0 N–H and O–H groups in total. The van der Waals surface area contributed by atoms with Crippen molar-refractivity contribution in [2.45, 2.75) is 44.6 Å². The lowest BCUT2D eigenvalue weighted by atomic mass is 10.0. The number of benzene rings is 2. The van der Waals surface area contributed by atoms with Gasteiger partial charge in [-0.3, -0.25) is 0 Å². The van der Waals surface area contributed by atoms with E-state index in [9.17, 15) is 5.26 Å². The predicted octanol–water partition coefficient (Wildman–Crippen LogP) is 5.14. The first-order chi connectivity index (χ1) is 17.7. The molecule has 0 radical (unpaired) electrons. The molecule has 4 rings (SSSR count). The molecule has 0 bridgehead atoms. The number of unbranched alkanes of at least 4 members (excludes halogenated alkanes) is 1. The van der Waals surface area contributed by atoms with Crippen LogP contribution in [-0.2, 0) is 22.3 Å². The third-order valence-electron chi connectivity index (χ3n) is 6.32. The molecule has 2 aromatic carbocycles. The van der Waals surface area contributed by atoms with Crippen molar-refractivity contribution in [3.05, 3.63) is 71.2 Å². The number of hydrogen-bond donors (Lipinski definition) is 0. The Kier molecular flexibility index (Phi) is 9.26. The average molecular weight is 488 g/mol. The maximum atomic E-state index is 9.72. The third-order valence-corrected chi connectivity index (χ3v) is 6.32. The normalized spacial score (nSPS) is 13.8. The quantitative estimate of drug-likeness (QED) is 0.346. The fraction of sp³-hybridized carbons (Fsp3) is 0.414. The van der Waals surface area contributed by atoms with Crippen molar-refractivity contribution >= 4 is 0 Å². The van der Waals surface area contributed by atoms with Crippen LogP contribution in [0.4, 0.5) is 0 Å². The van der Waals surface area contributed by atoms with Gasteiger partial charge in [-0.1, -0.05) is 12.1 Å². The van der Waals surface area contributed by atoms with Crippen LogP contribution in [-0.4, -0.2) is 50.1 Å². The number of aromatic nitrogens is 2. The van der Waals surface area contributed by atoms with Gasteiger partial charge in [-0.2, -0.15) is 5.26 Å². The number of aryl methyl sites for hydroxylation is 1. The Labute approximate surface area is 213 Å². The van der Waals surface area contributed by atoms with Crippen LogP contribution in [0.5, 0.6) is 11.5 Å². The first kappa shape index (κ1) is 25.6. The molecule has 1 aromatic heterocycles. The van der Waals surface area contributed by atoms with E-state index in [0.717, 1.165) is 61.3 Å². The minimum atomic E-state index is 0.0797. The highest BCUT2D eigenvalue weighted by Crippen LogP contribution is 2.28. The second kappa shape index (κ2) is 13.0. The molecule has 0 spiro atoms. The summed E-state index contributed by atoms with van der Waals surface area (Å²) in [5, 5.41) is 9.72. The van der Waals surface area contributed by atoms with E-state index in [1.807, 2.05) is 24.3 Å². The van der Waals surface area contributed by atoms with Gasteiger partial charge in [-0.15, -0.1) is 0 Å². The van der Waals surface area contributed by atoms with Gasteiger partial charge < -0.3 is 18.9 Å². The third kappa shape index (κ3) is 6.81. The maximum absolute atomic E-state index is 9.72. The van der Waals surface area contributed by atoms with Crippen LogP contribution in [0.25, 0.3) is 11.3 Å². The number of ether oxygens (including phenoxy) is 4. The molecule has 3 aromatic rings. The zero-order valence-corrected chi connectivity index (χ0v) is 21.0. The standard InChI is InChI=1S/C29H33N3O4/c1-33-14-4-3-5-22-7-6-21(17-28(22)34-2)18-29-31-13-10-26(32-29)23-8-9-27(24(19-23)20-30)36-25-11-15-35-16-12-25/h6-10,13,17,19,25H,3-5,11-12,14-16,18H2,1-2H3. The molecule has 7 heteroatoms. The molecule has 0 saturated carbocycles. The van der Waals surface area contributed by atoms with Gasteiger partial charge in [0.25, 0.3) is 0 Å². The van der Waals surface area contributed by atoms with E-state index in [4.69, 9.17) is 23.9 Å². The first-order valence-electron chi connectivity index (χ1n) is 12.5. The lowest BCUT2D eigenvalue weighted by Gasteiger charge is -2.23. The number of nitrogens with zero attached hydrogens (tertiary/aromatic N) is 3. The summed E-state index contributed by atoms with van der Waals surface area (Å²) in [4.78, 5) is 9.25. The molecule has 7 nitrogen and oxygen atoms in total. The molecule has 0 amide bonds. The van der Waals surface area contributed by atoms with Crippen LogP contribution in [0.1, 0.15) is 48.2 Å². The Bertz CT molecular complexity index is 1190.